The highest BCUT2D eigenvalue weighted by Crippen LogP contribution is 2.24. The third kappa shape index (κ3) is 1.33. The van der Waals surface area contributed by atoms with E-state index >= 15 is 0 Å². The zero-order valence-electron chi connectivity index (χ0n) is 8.16. The van der Waals surface area contributed by atoms with E-state index in [9.17, 15) is 0 Å². The quantitative estimate of drug-likeness (QED) is 0.755. The van der Waals surface area contributed by atoms with Gasteiger partial charge in [-0.05, 0) is 13.0 Å². The van der Waals surface area contributed by atoms with Gasteiger partial charge in [-0.2, -0.15) is 0 Å². The Balaban J connectivity index is 2.68. The summed E-state index contributed by atoms with van der Waals surface area (Å²) in [4.78, 5) is 7.39. The zero-order valence-corrected chi connectivity index (χ0v) is 8.16. The van der Waals surface area contributed by atoms with Crippen molar-refractivity contribution < 1.29 is 9.84 Å². The lowest BCUT2D eigenvalue weighted by Crippen LogP contribution is -1.91. The van der Waals surface area contributed by atoms with E-state index in [1.807, 2.05) is 19.1 Å². The van der Waals surface area contributed by atoms with Gasteiger partial charge in [0.05, 0.1) is 24.8 Å². The fourth-order valence-corrected chi connectivity index (χ4v) is 1.52. The average Bonchev–Trinajstić information content (AvgIpc) is 2.54. The van der Waals surface area contributed by atoms with Crippen molar-refractivity contribution in [3.8, 4) is 5.75 Å². The molecule has 0 aliphatic heterocycles. The highest BCUT2D eigenvalue weighted by molar-refractivity contribution is 5.78. The Morgan fingerprint density at radius 1 is 1.50 bits per heavy atom. The standard InChI is InChI=1S/C10H12N2O2/c1-6-11-8-3-7(5-13)10(14-2)4-9(8)12-6/h3-4,13H,5H2,1-2H3,(H,11,12). The minimum Gasteiger partial charge on any atom is -0.496 e. The molecule has 0 radical (unpaired) electrons. The summed E-state index contributed by atoms with van der Waals surface area (Å²) < 4.78 is 5.14. The number of aromatic nitrogens is 2. The molecule has 0 aliphatic rings. The number of hydrogen-bond donors (Lipinski definition) is 2. The minimum absolute atomic E-state index is 0.0306. The number of ether oxygens (including phenoxy) is 1. The predicted molar refractivity (Wildman–Crippen MR) is 53.3 cm³/mol. The molecule has 2 rings (SSSR count). The van der Waals surface area contributed by atoms with E-state index in [1.165, 1.54) is 0 Å². The molecule has 0 fully saturated rings. The van der Waals surface area contributed by atoms with Gasteiger partial charge in [-0.3, -0.25) is 0 Å². The first-order valence-electron chi connectivity index (χ1n) is 4.38. The van der Waals surface area contributed by atoms with Crippen molar-refractivity contribution in [2.75, 3.05) is 7.11 Å². The number of aryl methyl sites for hydroxylation is 1. The van der Waals surface area contributed by atoms with Crippen molar-refractivity contribution in [2.45, 2.75) is 13.5 Å². The molecule has 4 heteroatoms. The van der Waals surface area contributed by atoms with Gasteiger partial charge in [0.2, 0.25) is 0 Å². The monoisotopic (exact) mass is 192 g/mol. The van der Waals surface area contributed by atoms with E-state index in [0.29, 0.717) is 5.75 Å². The number of aliphatic hydroxyl groups is 1. The molecule has 0 saturated heterocycles. The number of hydrogen-bond acceptors (Lipinski definition) is 3. The number of fused-ring (bicyclic) bond motifs is 1. The van der Waals surface area contributed by atoms with Gasteiger partial charge in [-0.1, -0.05) is 0 Å². The van der Waals surface area contributed by atoms with Crippen LogP contribution in [0.25, 0.3) is 11.0 Å². The molecular weight excluding hydrogens is 180 g/mol. The molecule has 1 aromatic carbocycles. The van der Waals surface area contributed by atoms with Crippen LogP contribution in [0.1, 0.15) is 11.4 Å². The van der Waals surface area contributed by atoms with Crippen molar-refractivity contribution in [3.05, 3.63) is 23.5 Å². The molecular formula is C10H12N2O2. The molecule has 0 amide bonds. The van der Waals surface area contributed by atoms with E-state index in [0.717, 1.165) is 22.4 Å². The molecule has 0 bridgehead atoms. The molecule has 0 aliphatic carbocycles. The maximum Gasteiger partial charge on any atom is 0.126 e. The van der Waals surface area contributed by atoms with E-state index < -0.39 is 0 Å². The summed E-state index contributed by atoms with van der Waals surface area (Å²) in [5.74, 6) is 1.53. The molecule has 1 heterocycles. The molecule has 0 spiro atoms. The molecule has 14 heavy (non-hydrogen) atoms. The van der Waals surface area contributed by atoms with Gasteiger partial charge < -0.3 is 14.8 Å². The van der Waals surface area contributed by atoms with Crippen molar-refractivity contribution in [1.29, 1.82) is 0 Å². The van der Waals surface area contributed by atoms with Gasteiger partial charge in [0.25, 0.3) is 0 Å². The van der Waals surface area contributed by atoms with Crippen LogP contribution in [-0.2, 0) is 6.61 Å². The Hall–Kier alpha value is -1.55. The minimum atomic E-state index is -0.0306. The number of methoxy groups -OCH3 is 1. The van der Waals surface area contributed by atoms with Gasteiger partial charge in [0.15, 0.2) is 0 Å². The second-order valence-electron chi connectivity index (χ2n) is 3.16. The normalized spacial score (nSPS) is 10.8. The fourth-order valence-electron chi connectivity index (χ4n) is 1.52. The van der Waals surface area contributed by atoms with Crippen LogP contribution in [0.3, 0.4) is 0 Å². The average molecular weight is 192 g/mol. The Kier molecular flexibility index (Phi) is 2.13. The smallest absolute Gasteiger partial charge is 0.126 e. The summed E-state index contributed by atoms with van der Waals surface area (Å²) >= 11 is 0. The lowest BCUT2D eigenvalue weighted by Gasteiger charge is -2.04. The van der Waals surface area contributed by atoms with Crippen LogP contribution in [0.15, 0.2) is 12.1 Å². The third-order valence-electron chi connectivity index (χ3n) is 2.17. The van der Waals surface area contributed by atoms with Gasteiger partial charge in [0, 0.05) is 11.6 Å². The molecule has 1 aromatic heterocycles. The highest BCUT2D eigenvalue weighted by atomic mass is 16.5. The van der Waals surface area contributed by atoms with E-state index in [4.69, 9.17) is 9.84 Å². The number of aliphatic hydroxyl groups excluding tert-OH is 1. The van der Waals surface area contributed by atoms with Crippen LogP contribution >= 0.6 is 0 Å². The molecule has 74 valence electrons. The zero-order chi connectivity index (χ0) is 10.1. The van der Waals surface area contributed by atoms with Gasteiger partial charge in [-0.15, -0.1) is 0 Å². The van der Waals surface area contributed by atoms with Crippen LogP contribution in [-0.4, -0.2) is 22.2 Å². The Labute approximate surface area is 81.5 Å². The lowest BCUT2D eigenvalue weighted by molar-refractivity contribution is 0.274. The summed E-state index contributed by atoms with van der Waals surface area (Å²) in [5.41, 5.74) is 2.55. The number of rotatable bonds is 2. The van der Waals surface area contributed by atoms with Crippen molar-refractivity contribution in [1.82, 2.24) is 9.97 Å². The Morgan fingerprint density at radius 3 is 2.93 bits per heavy atom. The molecule has 2 aromatic rings. The van der Waals surface area contributed by atoms with Crippen LogP contribution < -0.4 is 4.74 Å². The highest BCUT2D eigenvalue weighted by Gasteiger charge is 2.06. The largest absolute Gasteiger partial charge is 0.496 e. The van der Waals surface area contributed by atoms with Gasteiger partial charge in [0.1, 0.15) is 11.6 Å². The summed E-state index contributed by atoms with van der Waals surface area (Å²) in [6, 6.07) is 3.68. The van der Waals surface area contributed by atoms with Crippen LogP contribution in [0.5, 0.6) is 5.75 Å². The van der Waals surface area contributed by atoms with Crippen LogP contribution in [0.4, 0.5) is 0 Å². The predicted octanol–water partition coefficient (Wildman–Crippen LogP) is 1.37. The molecule has 4 nitrogen and oxygen atoms in total. The first kappa shape index (κ1) is 9.02. The van der Waals surface area contributed by atoms with E-state index in [-0.39, 0.29) is 6.61 Å². The van der Waals surface area contributed by atoms with E-state index in [1.54, 1.807) is 7.11 Å². The molecule has 0 unspecified atom stereocenters. The summed E-state index contributed by atoms with van der Waals surface area (Å²) in [7, 11) is 1.58. The Morgan fingerprint density at radius 2 is 2.29 bits per heavy atom. The van der Waals surface area contributed by atoms with Crippen molar-refractivity contribution >= 4 is 11.0 Å². The van der Waals surface area contributed by atoms with Crippen molar-refractivity contribution in [2.24, 2.45) is 0 Å². The molecule has 0 atom stereocenters. The SMILES string of the molecule is COc1cc2nc(C)[nH]c2cc1CO. The van der Waals surface area contributed by atoms with Crippen LogP contribution in [0, 0.1) is 6.92 Å². The van der Waals surface area contributed by atoms with E-state index in [2.05, 4.69) is 9.97 Å². The number of benzene rings is 1. The van der Waals surface area contributed by atoms with Gasteiger partial charge in [-0.25, -0.2) is 4.98 Å². The van der Waals surface area contributed by atoms with Crippen LogP contribution in [0.2, 0.25) is 0 Å². The lowest BCUT2D eigenvalue weighted by atomic mass is 10.2. The maximum absolute atomic E-state index is 9.10. The summed E-state index contributed by atoms with van der Waals surface area (Å²) in [6.45, 7) is 1.86. The molecule has 0 saturated carbocycles. The fraction of sp³-hybridized carbons (Fsp3) is 0.300. The summed E-state index contributed by atoms with van der Waals surface area (Å²) in [5, 5.41) is 9.10. The number of H-pyrrole nitrogens is 1. The Bertz CT molecular complexity index is 421. The van der Waals surface area contributed by atoms with Crippen molar-refractivity contribution in [3.63, 3.8) is 0 Å². The molecule has 2 N–H and O–H groups in total. The first-order valence-corrected chi connectivity index (χ1v) is 4.38. The van der Waals surface area contributed by atoms with Gasteiger partial charge >= 0.3 is 0 Å². The maximum atomic E-state index is 9.10. The number of nitrogens with one attached hydrogen (secondary N) is 1. The second-order valence-corrected chi connectivity index (χ2v) is 3.16. The number of imidazole rings is 1. The topological polar surface area (TPSA) is 58.1 Å². The first-order chi connectivity index (χ1) is 6.74. The number of nitrogens with zero attached hydrogens (tertiary/aromatic N) is 1. The second kappa shape index (κ2) is 3.31. The summed E-state index contributed by atoms with van der Waals surface area (Å²) in [6.07, 6.45) is 0. The number of aromatic amines is 1. The third-order valence-corrected chi connectivity index (χ3v) is 2.17.